The highest BCUT2D eigenvalue weighted by atomic mass is 19.1. The average molecular weight is 440 g/mol. The van der Waals surface area contributed by atoms with Crippen LogP contribution in [0, 0.1) is 5.82 Å². The highest BCUT2D eigenvalue weighted by Gasteiger charge is 2.31. The summed E-state index contributed by atoms with van der Waals surface area (Å²) in [6, 6.07) is 3.11. The molecule has 1 aliphatic carbocycles. The normalized spacial score (nSPS) is 23.1. The largest absolute Gasteiger partial charge is 0.481 e. The van der Waals surface area contributed by atoms with E-state index in [1.54, 1.807) is 10.7 Å². The van der Waals surface area contributed by atoms with Gasteiger partial charge < -0.3 is 20.1 Å². The number of carbonyl (C=O) groups is 1. The lowest BCUT2D eigenvalue weighted by Crippen LogP contribution is -2.33. The second-order valence-electron chi connectivity index (χ2n) is 8.35. The van der Waals surface area contributed by atoms with Crippen molar-refractivity contribution in [3.63, 3.8) is 0 Å². The number of amides is 1. The molecule has 2 N–H and O–H groups in total. The quantitative estimate of drug-likeness (QED) is 0.627. The Hall–Kier alpha value is -3.27. The number of methoxy groups -OCH3 is 1. The smallest absolute Gasteiger partial charge is 0.256 e. The maximum atomic E-state index is 13.9. The Bertz CT molecular complexity index is 1150. The molecule has 0 aromatic carbocycles. The van der Waals surface area contributed by atoms with Gasteiger partial charge in [-0.2, -0.15) is 5.10 Å². The third-order valence-corrected chi connectivity index (χ3v) is 6.28. The number of aromatic nitrogens is 4. The third kappa shape index (κ3) is 3.75. The van der Waals surface area contributed by atoms with E-state index in [-0.39, 0.29) is 24.1 Å². The Balaban J connectivity index is 1.45. The van der Waals surface area contributed by atoms with Gasteiger partial charge in [-0.15, -0.1) is 0 Å². The number of ether oxygens (including phenoxy) is 1. The number of nitrogens with one attached hydrogen (secondary N) is 1. The summed E-state index contributed by atoms with van der Waals surface area (Å²) in [4.78, 5) is 23.8. The molecule has 32 heavy (non-hydrogen) atoms. The van der Waals surface area contributed by atoms with Crippen molar-refractivity contribution < 1.29 is 19.0 Å². The van der Waals surface area contributed by atoms with E-state index in [2.05, 4.69) is 20.3 Å². The summed E-state index contributed by atoms with van der Waals surface area (Å²) in [5, 5.41) is 17.0. The number of hydrogen-bond donors (Lipinski definition) is 2. The average Bonchev–Trinajstić information content (AvgIpc) is 3.52. The van der Waals surface area contributed by atoms with Gasteiger partial charge in [-0.05, 0) is 44.2 Å². The fourth-order valence-corrected chi connectivity index (χ4v) is 4.75. The first-order chi connectivity index (χ1) is 15.5. The predicted molar refractivity (Wildman–Crippen MR) is 114 cm³/mol. The summed E-state index contributed by atoms with van der Waals surface area (Å²) < 4.78 is 20.9. The lowest BCUT2D eigenvalue weighted by molar-refractivity contribution is 0.0935. The number of fused-ring (bicyclic) bond motifs is 1. The Morgan fingerprint density at radius 2 is 2.19 bits per heavy atom. The van der Waals surface area contributed by atoms with Gasteiger partial charge in [0.15, 0.2) is 5.65 Å². The molecule has 9 nitrogen and oxygen atoms in total. The maximum Gasteiger partial charge on any atom is 0.256 e. The molecular formula is C22H25FN6O3. The van der Waals surface area contributed by atoms with E-state index in [0.717, 1.165) is 32.0 Å². The summed E-state index contributed by atoms with van der Waals surface area (Å²) in [6.07, 6.45) is 7.78. The molecular weight excluding hydrogens is 415 g/mol. The SMILES string of the molecule is COc1ncc(F)cc1[C@H]1CCCN1c1ccn2ncc(C(=O)N[C@H]3CC[C@H](O)C3)c2n1. The van der Waals surface area contributed by atoms with Crippen LogP contribution in [0.25, 0.3) is 5.65 Å². The van der Waals surface area contributed by atoms with Gasteiger partial charge in [0.2, 0.25) is 5.88 Å². The first-order valence-corrected chi connectivity index (χ1v) is 10.8. The number of aliphatic hydroxyl groups excluding tert-OH is 1. The van der Waals surface area contributed by atoms with E-state index >= 15 is 0 Å². The van der Waals surface area contributed by atoms with Crippen molar-refractivity contribution in [3.05, 3.63) is 47.7 Å². The molecule has 2 aliphatic rings. The van der Waals surface area contributed by atoms with Crippen LogP contribution < -0.4 is 15.0 Å². The number of rotatable bonds is 5. The summed E-state index contributed by atoms with van der Waals surface area (Å²) in [5.41, 5.74) is 1.51. The molecule has 1 aliphatic heterocycles. The monoisotopic (exact) mass is 440 g/mol. The molecule has 3 aromatic heterocycles. The molecule has 0 spiro atoms. The third-order valence-electron chi connectivity index (χ3n) is 6.28. The van der Waals surface area contributed by atoms with Crippen LogP contribution in [0.4, 0.5) is 10.2 Å². The maximum absolute atomic E-state index is 13.9. The standard InChI is InChI=1S/C22H25FN6O3/c1-32-22-16(9-13(23)11-24-22)18-3-2-7-28(18)19-6-8-29-20(27-19)17(12-25-29)21(31)26-14-4-5-15(30)10-14/h6,8-9,11-12,14-15,18,30H,2-5,7,10H2,1H3,(H,26,31)/t14-,15-,18+/m0/s1. The molecule has 0 radical (unpaired) electrons. The number of aliphatic hydroxyl groups is 1. The molecule has 0 unspecified atom stereocenters. The van der Waals surface area contributed by atoms with Crippen molar-refractivity contribution >= 4 is 17.4 Å². The van der Waals surface area contributed by atoms with Gasteiger partial charge in [0.05, 0.1) is 31.6 Å². The Labute approximate surface area is 184 Å². The van der Waals surface area contributed by atoms with Crippen molar-refractivity contribution in [1.29, 1.82) is 0 Å². The van der Waals surface area contributed by atoms with Crippen molar-refractivity contribution in [2.45, 2.75) is 50.3 Å². The van der Waals surface area contributed by atoms with E-state index in [1.165, 1.54) is 19.4 Å². The zero-order valence-electron chi connectivity index (χ0n) is 17.7. The van der Waals surface area contributed by atoms with Crippen molar-refractivity contribution in [1.82, 2.24) is 24.9 Å². The number of carbonyl (C=O) groups excluding carboxylic acids is 1. The molecule has 3 atom stereocenters. The van der Waals surface area contributed by atoms with E-state index in [0.29, 0.717) is 41.3 Å². The fourth-order valence-electron chi connectivity index (χ4n) is 4.75. The predicted octanol–water partition coefficient (Wildman–Crippen LogP) is 2.26. The summed E-state index contributed by atoms with van der Waals surface area (Å²) in [6.45, 7) is 0.739. The minimum absolute atomic E-state index is 0.0495. The van der Waals surface area contributed by atoms with Gasteiger partial charge in [-0.25, -0.2) is 18.9 Å². The second-order valence-corrected chi connectivity index (χ2v) is 8.35. The lowest BCUT2D eigenvalue weighted by atomic mass is 10.1. The number of pyridine rings is 1. The van der Waals surface area contributed by atoms with Crippen LogP contribution >= 0.6 is 0 Å². The molecule has 5 rings (SSSR count). The van der Waals surface area contributed by atoms with Gasteiger partial charge >= 0.3 is 0 Å². The number of halogens is 1. The minimum atomic E-state index is -0.414. The topological polar surface area (TPSA) is 105 Å². The zero-order chi connectivity index (χ0) is 22.2. The highest BCUT2D eigenvalue weighted by Crippen LogP contribution is 2.38. The summed E-state index contributed by atoms with van der Waals surface area (Å²) in [5.74, 6) is 0.408. The molecule has 1 saturated carbocycles. The molecule has 4 heterocycles. The summed E-state index contributed by atoms with van der Waals surface area (Å²) in [7, 11) is 1.52. The molecule has 168 valence electrons. The number of nitrogens with zero attached hydrogens (tertiary/aromatic N) is 5. The van der Waals surface area contributed by atoms with Gasteiger partial charge in [0, 0.05) is 24.3 Å². The Kier molecular flexibility index (Phi) is 5.38. The van der Waals surface area contributed by atoms with Crippen LogP contribution in [-0.2, 0) is 0 Å². The van der Waals surface area contributed by atoms with E-state index in [1.807, 2.05) is 6.07 Å². The van der Waals surface area contributed by atoms with E-state index in [4.69, 9.17) is 9.72 Å². The van der Waals surface area contributed by atoms with Crippen LogP contribution in [0.5, 0.6) is 5.88 Å². The van der Waals surface area contributed by atoms with Crippen molar-refractivity contribution in [2.24, 2.45) is 0 Å². The molecule has 10 heteroatoms. The Morgan fingerprint density at radius 3 is 2.97 bits per heavy atom. The lowest BCUT2D eigenvalue weighted by Gasteiger charge is -2.27. The number of anilines is 1. The van der Waals surface area contributed by atoms with E-state index in [9.17, 15) is 14.3 Å². The number of hydrogen-bond acceptors (Lipinski definition) is 7. The van der Waals surface area contributed by atoms with Gasteiger partial charge in [-0.1, -0.05) is 0 Å². The van der Waals surface area contributed by atoms with E-state index < -0.39 is 5.82 Å². The highest BCUT2D eigenvalue weighted by molar-refractivity contribution is 6.00. The van der Waals surface area contributed by atoms with Gasteiger partial charge in [0.1, 0.15) is 17.2 Å². The zero-order valence-corrected chi connectivity index (χ0v) is 17.7. The second kappa shape index (κ2) is 8.34. The van der Waals surface area contributed by atoms with Crippen LogP contribution in [0.1, 0.15) is 54.1 Å². The first kappa shape index (κ1) is 20.6. The molecule has 1 amide bonds. The molecule has 0 bridgehead atoms. The fraction of sp³-hybridized carbons (Fsp3) is 0.455. The van der Waals surface area contributed by atoms with Gasteiger partial charge in [0.25, 0.3) is 5.91 Å². The van der Waals surface area contributed by atoms with Crippen LogP contribution in [0.2, 0.25) is 0 Å². The van der Waals surface area contributed by atoms with Gasteiger partial charge in [-0.3, -0.25) is 4.79 Å². The molecule has 3 aromatic rings. The molecule has 1 saturated heterocycles. The van der Waals surface area contributed by atoms with Crippen LogP contribution in [0.3, 0.4) is 0 Å². The Morgan fingerprint density at radius 1 is 1.31 bits per heavy atom. The first-order valence-electron chi connectivity index (χ1n) is 10.8. The molecule has 2 fully saturated rings. The van der Waals surface area contributed by atoms with Crippen molar-refractivity contribution in [3.8, 4) is 5.88 Å². The van der Waals surface area contributed by atoms with Crippen LogP contribution in [-0.4, -0.2) is 56.4 Å². The summed E-state index contributed by atoms with van der Waals surface area (Å²) >= 11 is 0. The minimum Gasteiger partial charge on any atom is -0.481 e. The van der Waals surface area contributed by atoms with Crippen LogP contribution in [0.15, 0.2) is 30.7 Å². The van der Waals surface area contributed by atoms with Crippen molar-refractivity contribution in [2.75, 3.05) is 18.6 Å².